The zero-order valence-corrected chi connectivity index (χ0v) is 10.6. The third-order valence-corrected chi connectivity index (χ3v) is 3.63. The van der Waals surface area contributed by atoms with Gasteiger partial charge in [-0.15, -0.1) is 0 Å². The minimum Gasteiger partial charge on any atom is -0.490 e. The van der Waals surface area contributed by atoms with Crippen LogP contribution in [0.2, 0.25) is 0 Å². The highest BCUT2D eigenvalue weighted by Gasteiger charge is 2.26. The van der Waals surface area contributed by atoms with Crippen molar-refractivity contribution in [2.75, 3.05) is 20.4 Å². The molecule has 1 heterocycles. The molecule has 18 heavy (non-hydrogen) atoms. The topological polar surface area (TPSA) is 39.7 Å². The number of hydrogen-bond acceptors (Lipinski definition) is 4. The van der Waals surface area contributed by atoms with E-state index in [1.165, 1.54) is 6.42 Å². The lowest BCUT2D eigenvalue weighted by Crippen LogP contribution is -2.18. The molecule has 4 heteroatoms. The molecule has 0 saturated heterocycles. The van der Waals surface area contributed by atoms with E-state index >= 15 is 0 Å². The van der Waals surface area contributed by atoms with Crippen molar-refractivity contribution in [3.05, 3.63) is 18.2 Å². The summed E-state index contributed by atoms with van der Waals surface area (Å²) in [7, 11) is 2.01. The number of rotatable bonds is 4. The average molecular weight is 249 g/mol. The van der Waals surface area contributed by atoms with Gasteiger partial charge in [0.1, 0.15) is 5.75 Å². The van der Waals surface area contributed by atoms with Crippen LogP contribution in [0, 0.1) is 5.92 Å². The molecule has 2 atom stereocenters. The summed E-state index contributed by atoms with van der Waals surface area (Å²) in [5.74, 6) is 3.22. The largest absolute Gasteiger partial charge is 0.490 e. The molecule has 0 bridgehead atoms. The molecule has 98 valence electrons. The second kappa shape index (κ2) is 5.06. The highest BCUT2D eigenvalue weighted by atomic mass is 16.7. The summed E-state index contributed by atoms with van der Waals surface area (Å²) in [4.78, 5) is 0. The molecule has 2 unspecified atom stereocenters. The van der Waals surface area contributed by atoms with Gasteiger partial charge in [-0.1, -0.05) is 0 Å². The van der Waals surface area contributed by atoms with E-state index in [2.05, 4.69) is 5.32 Å². The highest BCUT2D eigenvalue weighted by Crippen LogP contribution is 2.36. The van der Waals surface area contributed by atoms with E-state index in [4.69, 9.17) is 14.2 Å². The zero-order valence-electron chi connectivity index (χ0n) is 10.6. The molecule has 0 spiro atoms. The third kappa shape index (κ3) is 2.38. The quantitative estimate of drug-likeness (QED) is 0.888. The van der Waals surface area contributed by atoms with Crippen molar-refractivity contribution >= 4 is 0 Å². The Morgan fingerprint density at radius 1 is 1.28 bits per heavy atom. The van der Waals surface area contributed by atoms with Crippen LogP contribution in [0.25, 0.3) is 0 Å². The van der Waals surface area contributed by atoms with Gasteiger partial charge in [0.05, 0.1) is 6.10 Å². The van der Waals surface area contributed by atoms with Crippen LogP contribution < -0.4 is 19.5 Å². The fourth-order valence-corrected chi connectivity index (χ4v) is 2.75. The lowest BCUT2D eigenvalue weighted by Gasteiger charge is -2.14. The van der Waals surface area contributed by atoms with E-state index < -0.39 is 0 Å². The van der Waals surface area contributed by atoms with Gasteiger partial charge >= 0.3 is 0 Å². The van der Waals surface area contributed by atoms with Gasteiger partial charge in [-0.3, -0.25) is 0 Å². The summed E-state index contributed by atoms with van der Waals surface area (Å²) in [6.45, 7) is 1.40. The molecular weight excluding hydrogens is 230 g/mol. The van der Waals surface area contributed by atoms with Crippen LogP contribution in [-0.4, -0.2) is 26.5 Å². The van der Waals surface area contributed by atoms with Crippen molar-refractivity contribution in [3.8, 4) is 17.2 Å². The molecule has 1 aromatic carbocycles. The van der Waals surface area contributed by atoms with E-state index in [0.717, 1.165) is 42.6 Å². The van der Waals surface area contributed by atoms with Crippen molar-refractivity contribution < 1.29 is 14.2 Å². The van der Waals surface area contributed by atoms with E-state index in [1.54, 1.807) is 0 Å². The van der Waals surface area contributed by atoms with Crippen LogP contribution in [0.5, 0.6) is 17.2 Å². The lowest BCUT2D eigenvalue weighted by molar-refractivity contribution is 0.173. The molecule has 0 aromatic heterocycles. The maximum Gasteiger partial charge on any atom is 0.231 e. The highest BCUT2D eigenvalue weighted by molar-refractivity contribution is 5.46. The Morgan fingerprint density at radius 2 is 2.17 bits per heavy atom. The monoisotopic (exact) mass is 249 g/mol. The second-order valence-corrected chi connectivity index (χ2v) is 4.99. The fourth-order valence-electron chi connectivity index (χ4n) is 2.75. The number of benzene rings is 1. The molecule has 2 aliphatic rings. The van der Waals surface area contributed by atoms with Crippen LogP contribution in [0.15, 0.2) is 18.2 Å². The summed E-state index contributed by atoms with van der Waals surface area (Å²) in [6.07, 6.45) is 3.86. The first kappa shape index (κ1) is 11.7. The molecule has 1 aliphatic heterocycles. The van der Waals surface area contributed by atoms with Gasteiger partial charge < -0.3 is 19.5 Å². The standard InChI is InChI=1S/C14H19NO3/c1-15-8-10-2-3-11(6-10)18-12-4-5-13-14(7-12)17-9-16-13/h4-5,7,10-11,15H,2-3,6,8-9H2,1H3. The first-order valence-corrected chi connectivity index (χ1v) is 6.56. The minimum atomic E-state index is 0.312. The molecule has 0 radical (unpaired) electrons. The number of fused-ring (bicyclic) bond motifs is 1. The van der Waals surface area contributed by atoms with E-state index in [9.17, 15) is 0 Å². The van der Waals surface area contributed by atoms with E-state index in [1.807, 2.05) is 25.2 Å². The van der Waals surface area contributed by atoms with E-state index in [0.29, 0.717) is 12.9 Å². The van der Waals surface area contributed by atoms with Gasteiger partial charge in [0.2, 0.25) is 6.79 Å². The molecular formula is C14H19NO3. The Morgan fingerprint density at radius 3 is 3.06 bits per heavy atom. The van der Waals surface area contributed by atoms with Gasteiger partial charge in [0.25, 0.3) is 0 Å². The Hall–Kier alpha value is -1.42. The summed E-state index contributed by atoms with van der Waals surface area (Å²) in [6, 6.07) is 5.80. The Balaban J connectivity index is 1.60. The van der Waals surface area contributed by atoms with Crippen LogP contribution in [-0.2, 0) is 0 Å². The number of hydrogen-bond donors (Lipinski definition) is 1. The maximum absolute atomic E-state index is 6.01. The van der Waals surface area contributed by atoms with Crippen molar-refractivity contribution in [1.29, 1.82) is 0 Å². The summed E-state index contributed by atoms with van der Waals surface area (Å²) >= 11 is 0. The Kier molecular flexibility index (Phi) is 3.28. The van der Waals surface area contributed by atoms with Crippen LogP contribution in [0.3, 0.4) is 0 Å². The zero-order chi connectivity index (χ0) is 12.4. The molecule has 1 aliphatic carbocycles. The van der Waals surface area contributed by atoms with Crippen molar-refractivity contribution in [2.45, 2.75) is 25.4 Å². The fraction of sp³-hybridized carbons (Fsp3) is 0.571. The maximum atomic E-state index is 6.01. The summed E-state index contributed by atoms with van der Waals surface area (Å²) in [5, 5.41) is 3.24. The SMILES string of the molecule is CNCC1CCC(Oc2ccc3c(c2)OCO3)C1. The molecule has 0 amide bonds. The van der Waals surface area contributed by atoms with Gasteiger partial charge in [0.15, 0.2) is 11.5 Å². The third-order valence-electron chi connectivity index (χ3n) is 3.63. The summed E-state index contributed by atoms with van der Waals surface area (Å²) < 4.78 is 16.7. The van der Waals surface area contributed by atoms with Gasteiger partial charge in [0, 0.05) is 6.07 Å². The summed E-state index contributed by atoms with van der Waals surface area (Å²) in [5.41, 5.74) is 0. The average Bonchev–Trinajstić information content (AvgIpc) is 2.98. The van der Waals surface area contributed by atoms with Crippen LogP contribution in [0.1, 0.15) is 19.3 Å². The normalized spacial score (nSPS) is 25.4. The molecule has 1 N–H and O–H groups in total. The first-order chi connectivity index (χ1) is 8.85. The van der Waals surface area contributed by atoms with Crippen LogP contribution >= 0.6 is 0 Å². The molecule has 1 aromatic rings. The number of ether oxygens (including phenoxy) is 3. The van der Waals surface area contributed by atoms with Gasteiger partial charge in [-0.05, 0) is 50.9 Å². The van der Waals surface area contributed by atoms with Crippen molar-refractivity contribution in [3.63, 3.8) is 0 Å². The van der Waals surface area contributed by atoms with Gasteiger partial charge in [-0.25, -0.2) is 0 Å². The first-order valence-electron chi connectivity index (χ1n) is 6.56. The predicted octanol–water partition coefficient (Wildman–Crippen LogP) is 2.18. The second-order valence-electron chi connectivity index (χ2n) is 4.99. The Labute approximate surface area is 107 Å². The molecule has 4 nitrogen and oxygen atoms in total. The minimum absolute atomic E-state index is 0.312. The van der Waals surface area contributed by atoms with E-state index in [-0.39, 0.29) is 0 Å². The Bertz CT molecular complexity index is 422. The van der Waals surface area contributed by atoms with Crippen molar-refractivity contribution in [2.24, 2.45) is 5.92 Å². The van der Waals surface area contributed by atoms with Gasteiger partial charge in [-0.2, -0.15) is 0 Å². The predicted molar refractivity (Wildman–Crippen MR) is 68.2 cm³/mol. The molecule has 3 rings (SSSR count). The smallest absolute Gasteiger partial charge is 0.231 e. The van der Waals surface area contributed by atoms with Crippen LogP contribution in [0.4, 0.5) is 0 Å². The number of nitrogens with one attached hydrogen (secondary N) is 1. The molecule has 1 saturated carbocycles. The van der Waals surface area contributed by atoms with Crippen molar-refractivity contribution in [1.82, 2.24) is 5.32 Å². The lowest BCUT2D eigenvalue weighted by atomic mass is 10.1. The molecule has 1 fully saturated rings.